The molecule has 0 aliphatic carbocycles. The molecule has 0 bridgehead atoms. The van der Waals surface area contributed by atoms with Gasteiger partial charge in [0, 0.05) is 5.57 Å². The van der Waals surface area contributed by atoms with Crippen molar-refractivity contribution in [2.24, 2.45) is 4.99 Å². The zero-order valence-corrected chi connectivity index (χ0v) is 14.3. The third-order valence-electron chi connectivity index (χ3n) is 4.42. The first kappa shape index (κ1) is 16.7. The van der Waals surface area contributed by atoms with Gasteiger partial charge in [-0.25, -0.2) is 14.7 Å². The van der Waals surface area contributed by atoms with Crippen LogP contribution in [0.2, 0.25) is 0 Å². The third kappa shape index (κ3) is 2.94. The smallest absolute Gasteiger partial charge is 0.357 e. The Kier molecular flexibility index (Phi) is 4.62. The molecule has 2 aliphatic heterocycles. The molecule has 1 fully saturated rings. The van der Waals surface area contributed by atoms with Crippen LogP contribution in [0.15, 0.2) is 71.4 Å². The lowest BCUT2D eigenvalue weighted by atomic mass is 9.85. The molecule has 26 heavy (non-hydrogen) atoms. The molecular weight excluding hydrogens is 330 g/mol. The van der Waals surface area contributed by atoms with Crippen molar-refractivity contribution in [1.29, 1.82) is 0 Å². The van der Waals surface area contributed by atoms with Crippen molar-refractivity contribution in [1.82, 2.24) is 11.0 Å². The second kappa shape index (κ2) is 7.21. The number of nitrogens with one attached hydrogen (secondary N) is 2. The van der Waals surface area contributed by atoms with Gasteiger partial charge in [0.1, 0.15) is 0 Å². The second-order valence-electron chi connectivity index (χ2n) is 6.00. The summed E-state index contributed by atoms with van der Waals surface area (Å²) in [7, 11) is 0. The summed E-state index contributed by atoms with van der Waals surface area (Å²) in [5.41, 5.74) is 9.58. The number of nitrogens with zero attached hydrogens (tertiary/aromatic N) is 1. The fourth-order valence-electron chi connectivity index (χ4n) is 3.28. The summed E-state index contributed by atoms with van der Waals surface area (Å²) in [4.78, 5) is 22.7. The highest BCUT2D eigenvalue weighted by Crippen LogP contribution is 2.33. The summed E-state index contributed by atoms with van der Waals surface area (Å²) in [6.45, 7) is 2.07. The van der Waals surface area contributed by atoms with Crippen LogP contribution in [-0.4, -0.2) is 30.4 Å². The molecule has 2 N–H and O–H groups in total. The fourth-order valence-corrected chi connectivity index (χ4v) is 3.28. The number of hydrogen-bond donors (Lipinski definition) is 2. The molecule has 2 heterocycles. The molecule has 2 aliphatic rings. The average molecular weight is 349 g/mol. The average Bonchev–Trinajstić information content (AvgIpc) is 3.18. The van der Waals surface area contributed by atoms with E-state index in [4.69, 9.17) is 14.7 Å². The Hall–Kier alpha value is -2.80. The largest absolute Gasteiger partial charge is 0.461 e. The summed E-state index contributed by atoms with van der Waals surface area (Å²) >= 11 is 0. The molecule has 0 saturated carbocycles. The van der Waals surface area contributed by atoms with Crippen LogP contribution >= 0.6 is 0 Å². The Bertz CT molecular complexity index is 862. The number of fused-ring (bicyclic) bond motifs is 1. The van der Waals surface area contributed by atoms with Crippen molar-refractivity contribution in [3.05, 3.63) is 77.5 Å². The lowest BCUT2D eigenvalue weighted by molar-refractivity contribution is -0.138. The SMILES string of the molecule is CCOC(=O)C1=C(c2ccccc2)C2NONC2C(c2ccccc2)=N1. The number of benzene rings is 2. The van der Waals surface area contributed by atoms with E-state index >= 15 is 0 Å². The molecule has 4 rings (SSSR count). The van der Waals surface area contributed by atoms with E-state index in [1.54, 1.807) is 6.92 Å². The van der Waals surface area contributed by atoms with Crippen LogP contribution in [-0.2, 0) is 14.5 Å². The number of hydroxylamine groups is 2. The highest BCUT2D eigenvalue weighted by atomic mass is 16.8. The number of aliphatic imine (C=N–C) groups is 1. The summed E-state index contributed by atoms with van der Waals surface area (Å²) in [6.07, 6.45) is 0. The van der Waals surface area contributed by atoms with Crippen LogP contribution < -0.4 is 11.0 Å². The zero-order chi connectivity index (χ0) is 17.9. The van der Waals surface area contributed by atoms with Crippen LogP contribution in [0.25, 0.3) is 5.57 Å². The van der Waals surface area contributed by atoms with Gasteiger partial charge in [-0.05, 0) is 18.1 Å². The highest BCUT2D eigenvalue weighted by molar-refractivity contribution is 6.13. The Morgan fingerprint density at radius 2 is 1.62 bits per heavy atom. The lowest BCUT2D eigenvalue weighted by Gasteiger charge is -2.28. The Morgan fingerprint density at radius 3 is 2.27 bits per heavy atom. The van der Waals surface area contributed by atoms with Crippen LogP contribution in [0.1, 0.15) is 18.1 Å². The lowest BCUT2D eigenvalue weighted by Crippen LogP contribution is -2.45. The minimum atomic E-state index is -0.438. The van der Waals surface area contributed by atoms with Crippen molar-refractivity contribution >= 4 is 17.3 Å². The molecular formula is C20H19N3O3. The Labute approximate surface area is 151 Å². The van der Waals surface area contributed by atoms with Crippen molar-refractivity contribution < 1.29 is 14.5 Å². The molecule has 0 radical (unpaired) electrons. The highest BCUT2D eigenvalue weighted by Gasteiger charge is 2.42. The van der Waals surface area contributed by atoms with Gasteiger partial charge in [0.05, 0.1) is 24.4 Å². The fraction of sp³-hybridized carbons (Fsp3) is 0.200. The quantitative estimate of drug-likeness (QED) is 0.829. The van der Waals surface area contributed by atoms with Gasteiger partial charge in [-0.3, -0.25) is 0 Å². The maximum Gasteiger partial charge on any atom is 0.357 e. The van der Waals surface area contributed by atoms with Crippen molar-refractivity contribution in [2.75, 3.05) is 6.61 Å². The molecule has 6 heteroatoms. The number of esters is 1. The minimum absolute atomic E-state index is 0.217. The van der Waals surface area contributed by atoms with E-state index in [-0.39, 0.29) is 18.7 Å². The molecule has 2 atom stereocenters. The maximum absolute atomic E-state index is 12.7. The van der Waals surface area contributed by atoms with Crippen LogP contribution in [0.4, 0.5) is 0 Å². The third-order valence-corrected chi connectivity index (χ3v) is 4.42. The predicted molar refractivity (Wildman–Crippen MR) is 97.9 cm³/mol. The normalized spacial score (nSPS) is 22.0. The first-order chi connectivity index (χ1) is 12.8. The van der Waals surface area contributed by atoms with Gasteiger partial charge < -0.3 is 4.74 Å². The van der Waals surface area contributed by atoms with E-state index in [2.05, 4.69) is 11.0 Å². The van der Waals surface area contributed by atoms with Crippen LogP contribution in [0, 0.1) is 0 Å². The molecule has 132 valence electrons. The second-order valence-corrected chi connectivity index (χ2v) is 6.00. The number of carbonyl (C=O) groups excluding carboxylic acids is 1. The molecule has 2 unspecified atom stereocenters. The van der Waals surface area contributed by atoms with E-state index in [9.17, 15) is 4.79 Å². The van der Waals surface area contributed by atoms with E-state index < -0.39 is 5.97 Å². The number of ether oxygens (including phenoxy) is 1. The van der Waals surface area contributed by atoms with Crippen molar-refractivity contribution in [3.63, 3.8) is 0 Å². The Morgan fingerprint density at radius 1 is 1.00 bits per heavy atom. The molecule has 1 saturated heterocycles. The summed E-state index contributed by atoms with van der Waals surface area (Å²) in [6, 6.07) is 19.0. The molecule has 0 amide bonds. The van der Waals surface area contributed by atoms with Gasteiger partial charge in [0.15, 0.2) is 5.70 Å². The first-order valence-corrected chi connectivity index (χ1v) is 8.57. The van der Waals surface area contributed by atoms with E-state index in [1.165, 1.54) is 0 Å². The summed E-state index contributed by atoms with van der Waals surface area (Å²) in [5.74, 6) is -0.438. The molecule has 2 aromatic rings. The monoisotopic (exact) mass is 349 g/mol. The van der Waals surface area contributed by atoms with E-state index in [0.29, 0.717) is 5.70 Å². The van der Waals surface area contributed by atoms with Gasteiger partial charge in [0.25, 0.3) is 0 Å². The Balaban J connectivity index is 1.91. The predicted octanol–water partition coefficient (Wildman–Crippen LogP) is 2.24. The summed E-state index contributed by atoms with van der Waals surface area (Å²) < 4.78 is 5.27. The molecule has 0 spiro atoms. The number of carbonyl (C=O) groups is 1. The van der Waals surface area contributed by atoms with Gasteiger partial charge in [-0.2, -0.15) is 11.0 Å². The molecule has 0 aromatic heterocycles. The van der Waals surface area contributed by atoms with E-state index in [1.807, 2.05) is 60.7 Å². The van der Waals surface area contributed by atoms with Gasteiger partial charge >= 0.3 is 5.97 Å². The summed E-state index contributed by atoms with van der Waals surface area (Å²) in [5, 5.41) is 0. The van der Waals surface area contributed by atoms with Gasteiger partial charge in [-0.15, -0.1) is 0 Å². The van der Waals surface area contributed by atoms with Crippen molar-refractivity contribution in [3.8, 4) is 0 Å². The van der Waals surface area contributed by atoms with Crippen molar-refractivity contribution in [2.45, 2.75) is 19.0 Å². The van der Waals surface area contributed by atoms with Gasteiger partial charge in [0.2, 0.25) is 0 Å². The number of hydrogen-bond acceptors (Lipinski definition) is 6. The first-order valence-electron chi connectivity index (χ1n) is 8.57. The molecule has 2 aromatic carbocycles. The zero-order valence-electron chi connectivity index (χ0n) is 14.3. The van der Waals surface area contributed by atoms with Gasteiger partial charge in [-0.1, -0.05) is 60.7 Å². The van der Waals surface area contributed by atoms with Crippen LogP contribution in [0.3, 0.4) is 0 Å². The maximum atomic E-state index is 12.7. The van der Waals surface area contributed by atoms with Crippen LogP contribution in [0.5, 0.6) is 0 Å². The standard InChI is InChI=1S/C20H19N3O3/c1-2-25-20(24)18-15(13-9-5-3-6-10-13)17-19(23-26-22-17)16(21-18)14-11-7-4-8-12-14/h3-12,17,19,22-23H,2H2,1H3. The number of rotatable bonds is 4. The minimum Gasteiger partial charge on any atom is -0.461 e. The molecule has 6 nitrogen and oxygen atoms in total. The topological polar surface area (TPSA) is 72.0 Å². The van der Waals surface area contributed by atoms with E-state index in [0.717, 1.165) is 22.4 Å².